The number of carbonyl (C=O) groups excluding carboxylic acids is 2. The molecule has 1 amide bonds. The van der Waals surface area contributed by atoms with Crippen LogP contribution in [0.3, 0.4) is 0 Å². The van der Waals surface area contributed by atoms with Crippen molar-refractivity contribution in [1.29, 1.82) is 0 Å². The first-order chi connectivity index (χ1) is 24.2. The summed E-state index contributed by atoms with van der Waals surface area (Å²) in [6, 6.07) is 15.2. The highest BCUT2D eigenvalue weighted by molar-refractivity contribution is 7.14. The number of hydrogen-bond acceptors (Lipinski definition) is 8. The summed E-state index contributed by atoms with van der Waals surface area (Å²) in [5, 5.41) is 4.20. The third-order valence-electron chi connectivity index (χ3n) is 10.4. The van der Waals surface area contributed by atoms with Gasteiger partial charge in [-0.1, -0.05) is 41.4 Å². The van der Waals surface area contributed by atoms with Gasteiger partial charge in [-0.05, 0) is 85.5 Å². The molecule has 2 aromatic heterocycles. The number of anilines is 1. The molecule has 2 heterocycles. The molecule has 0 saturated heterocycles. The molecule has 50 heavy (non-hydrogen) atoms. The number of thiophene rings is 1. The van der Waals surface area contributed by atoms with Gasteiger partial charge in [0.2, 0.25) is 0 Å². The Morgan fingerprint density at radius 1 is 1.06 bits per heavy atom. The van der Waals surface area contributed by atoms with E-state index in [1.165, 1.54) is 31.6 Å². The SMILES string of the molecule is CNC1[C@H]2C[C@H](OC(=O)N(Cc3ccc(C(=O)O[C@@H](Cc4c(Cl)c[nH+]cc4Cl)c4ccc(OC)c(OC)c4)s3)c3ccccc3F)CC3CC312. The minimum absolute atomic E-state index is 0.00517. The lowest BCUT2D eigenvalue weighted by atomic mass is 9.98. The molecule has 4 aromatic rings. The zero-order valence-corrected chi connectivity index (χ0v) is 30.0. The van der Waals surface area contributed by atoms with E-state index in [-0.39, 0.29) is 24.8 Å². The van der Waals surface area contributed by atoms with Gasteiger partial charge in [-0.25, -0.2) is 19.0 Å². The number of hydrogen-bond donors (Lipinski definition) is 1. The molecule has 3 saturated carbocycles. The molecule has 3 aliphatic carbocycles. The standard InChI is InChI=1S/C37H36Cl2FN3O6S/c1-41-34-25-14-22(13-21-16-37(21,25)34)48-36(45)43(29-7-5-4-6-28(29)40)19-23-9-11-33(50-23)35(44)49-31(15-24-26(38)17-42-18-27(24)39)20-8-10-30(46-2)32(12-20)47-3/h4-12,17-18,21-22,25,31,34,41H,13-16,19H2,1-3H3/p+1/t21?,22-,25-,31+,34?,37?/m1/s1. The second-order valence-corrected chi connectivity index (χ2v) is 15.0. The lowest BCUT2D eigenvalue weighted by Crippen LogP contribution is -2.35. The average Bonchev–Trinajstić information content (AvgIpc) is 3.92. The van der Waals surface area contributed by atoms with Gasteiger partial charge in [0.05, 0.1) is 26.5 Å². The highest BCUT2D eigenvalue weighted by atomic mass is 35.5. The van der Waals surface area contributed by atoms with Crippen LogP contribution in [0.1, 0.15) is 51.0 Å². The van der Waals surface area contributed by atoms with Gasteiger partial charge < -0.3 is 24.3 Å². The fourth-order valence-corrected chi connectivity index (χ4v) is 9.25. The fourth-order valence-electron chi connectivity index (χ4n) is 7.84. The van der Waals surface area contributed by atoms with Gasteiger partial charge in [0, 0.05) is 22.9 Å². The minimum atomic E-state index is -0.801. The minimum Gasteiger partial charge on any atom is -0.493 e. The van der Waals surface area contributed by atoms with Crippen molar-refractivity contribution in [3.05, 3.63) is 104 Å². The van der Waals surface area contributed by atoms with Crippen LogP contribution in [0, 0.1) is 23.1 Å². The summed E-state index contributed by atoms with van der Waals surface area (Å²) in [7, 11) is 5.05. The topological polar surface area (TPSA) is 100 Å². The molecule has 0 aliphatic heterocycles. The van der Waals surface area contributed by atoms with Crippen molar-refractivity contribution in [2.45, 2.75) is 50.5 Å². The number of ether oxygens (including phenoxy) is 4. The van der Waals surface area contributed by atoms with E-state index in [2.05, 4.69) is 10.3 Å². The van der Waals surface area contributed by atoms with E-state index in [9.17, 15) is 9.59 Å². The molecule has 0 bridgehead atoms. The number of carbonyl (C=O) groups is 2. The van der Waals surface area contributed by atoms with Crippen LogP contribution in [0.15, 0.2) is 67.0 Å². The maximum Gasteiger partial charge on any atom is 0.414 e. The van der Waals surface area contributed by atoms with E-state index >= 15 is 4.39 Å². The van der Waals surface area contributed by atoms with Crippen LogP contribution in [0.25, 0.3) is 0 Å². The maximum absolute atomic E-state index is 15.1. The number of pyridine rings is 1. The Morgan fingerprint density at radius 2 is 1.82 bits per heavy atom. The Labute approximate surface area is 303 Å². The van der Waals surface area contributed by atoms with Gasteiger partial charge in [-0.3, -0.25) is 4.90 Å². The van der Waals surface area contributed by atoms with Crippen molar-refractivity contribution in [2.75, 3.05) is 26.2 Å². The third-order valence-corrected chi connectivity index (χ3v) is 12.1. The number of nitrogens with zero attached hydrogens (tertiary/aromatic N) is 1. The van der Waals surface area contributed by atoms with E-state index in [0.717, 1.165) is 24.2 Å². The molecule has 9 nitrogen and oxygen atoms in total. The van der Waals surface area contributed by atoms with Crippen molar-refractivity contribution in [2.24, 2.45) is 17.3 Å². The first-order valence-corrected chi connectivity index (χ1v) is 18.0. The molecule has 0 radical (unpaired) electrons. The first kappa shape index (κ1) is 34.5. The Morgan fingerprint density at radius 3 is 2.54 bits per heavy atom. The normalized spacial score (nSPS) is 23.6. The Balaban J connectivity index is 1.10. The van der Waals surface area contributed by atoms with Crippen LogP contribution in [0.5, 0.6) is 11.5 Å². The van der Waals surface area contributed by atoms with Crippen molar-refractivity contribution in [3.8, 4) is 11.5 Å². The summed E-state index contributed by atoms with van der Waals surface area (Å²) >= 11 is 14.1. The number of esters is 1. The molecule has 3 aliphatic rings. The van der Waals surface area contributed by atoms with E-state index in [1.54, 1.807) is 60.9 Å². The molecule has 3 unspecified atom stereocenters. The van der Waals surface area contributed by atoms with Gasteiger partial charge in [0.1, 0.15) is 32.9 Å². The largest absolute Gasteiger partial charge is 0.493 e. The summed E-state index contributed by atoms with van der Waals surface area (Å²) in [5.74, 6) is 0.912. The summed E-state index contributed by atoms with van der Waals surface area (Å²) in [4.78, 5) is 32.6. The maximum atomic E-state index is 15.1. The Kier molecular flexibility index (Phi) is 9.69. The van der Waals surface area contributed by atoms with Gasteiger partial charge in [0.15, 0.2) is 23.9 Å². The summed E-state index contributed by atoms with van der Waals surface area (Å²) in [6.45, 7) is 0.00517. The number of benzene rings is 2. The number of methoxy groups -OCH3 is 2. The molecule has 7 rings (SSSR count). The predicted molar refractivity (Wildman–Crippen MR) is 188 cm³/mol. The van der Waals surface area contributed by atoms with Crippen molar-refractivity contribution < 1.29 is 37.9 Å². The van der Waals surface area contributed by atoms with Crippen LogP contribution in [-0.4, -0.2) is 45.5 Å². The Hall–Kier alpha value is -3.90. The third kappa shape index (κ3) is 6.52. The second-order valence-electron chi connectivity index (χ2n) is 13.0. The number of aromatic nitrogens is 1. The van der Waals surface area contributed by atoms with Crippen LogP contribution >= 0.6 is 34.5 Å². The molecule has 2 aromatic carbocycles. The van der Waals surface area contributed by atoms with Gasteiger partial charge in [-0.2, -0.15) is 0 Å². The van der Waals surface area contributed by atoms with E-state index in [4.69, 9.17) is 42.1 Å². The van der Waals surface area contributed by atoms with Crippen LogP contribution in [0.2, 0.25) is 10.0 Å². The lowest BCUT2D eigenvalue weighted by Gasteiger charge is -2.27. The number of H-pyrrole nitrogens is 1. The molecule has 13 heteroatoms. The van der Waals surface area contributed by atoms with Crippen molar-refractivity contribution >= 4 is 52.3 Å². The number of nitrogens with one attached hydrogen (secondary N) is 2. The number of amides is 1. The zero-order chi connectivity index (χ0) is 35.2. The van der Waals surface area contributed by atoms with Crippen LogP contribution in [-0.2, 0) is 22.4 Å². The van der Waals surface area contributed by atoms with Crippen LogP contribution < -0.4 is 24.7 Å². The zero-order valence-electron chi connectivity index (χ0n) is 27.7. The average molecular weight is 742 g/mol. The van der Waals surface area contributed by atoms with E-state index in [0.29, 0.717) is 65.7 Å². The molecular weight excluding hydrogens is 704 g/mol. The van der Waals surface area contributed by atoms with Gasteiger partial charge in [0.25, 0.3) is 0 Å². The lowest BCUT2D eigenvalue weighted by molar-refractivity contribution is -0.377. The highest BCUT2D eigenvalue weighted by Gasteiger charge is 2.79. The van der Waals surface area contributed by atoms with Gasteiger partial charge >= 0.3 is 12.1 Å². The Bertz CT molecular complexity index is 1910. The summed E-state index contributed by atoms with van der Waals surface area (Å²) in [6.07, 6.45) is 4.52. The predicted octanol–water partition coefficient (Wildman–Crippen LogP) is 7.70. The van der Waals surface area contributed by atoms with E-state index < -0.39 is 24.0 Å². The quantitative estimate of drug-likeness (QED) is 0.149. The molecular formula is C37H37Cl2FN3O6S+. The van der Waals surface area contributed by atoms with E-state index in [1.807, 2.05) is 7.05 Å². The first-order valence-electron chi connectivity index (χ1n) is 16.4. The molecule has 3 fully saturated rings. The summed E-state index contributed by atoms with van der Waals surface area (Å²) in [5.41, 5.74) is 1.73. The van der Waals surface area contributed by atoms with Crippen molar-refractivity contribution in [3.63, 3.8) is 0 Å². The highest BCUT2D eigenvalue weighted by Crippen LogP contribution is 2.79. The second kappa shape index (κ2) is 14.0. The molecule has 6 atom stereocenters. The molecule has 1 spiro atoms. The number of para-hydroxylation sites is 1. The summed E-state index contributed by atoms with van der Waals surface area (Å²) < 4.78 is 38.2. The van der Waals surface area contributed by atoms with Gasteiger partial charge in [-0.15, -0.1) is 11.3 Å². The fraction of sp³-hybridized carbons (Fsp3) is 0.378. The number of rotatable bonds is 12. The number of halogens is 3. The molecule has 262 valence electrons. The molecule has 2 N–H and O–H groups in total. The smallest absolute Gasteiger partial charge is 0.414 e. The monoisotopic (exact) mass is 740 g/mol. The number of aromatic amines is 1. The van der Waals surface area contributed by atoms with Crippen LogP contribution in [0.4, 0.5) is 14.9 Å². The van der Waals surface area contributed by atoms with Crippen molar-refractivity contribution in [1.82, 2.24) is 5.32 Å².